The highest BCUT2D eigenvalue weighted by molar-refractivity contribution is 7.13. The lowest BCUT2D eigenvalue weighted by molar-refractivity contribution is -0.141. The number of anilines is 2. The molecule has 2 aromatic heterocycles. The molecule has 1 saturated heterocycles. The Kier molecular flexibility index (Phi) is 7.02. The average Bonchev–Trinajstić information content (AvgIpc) is 3.51. The van der Waals surface area contributed by atoms with Crippen LogP contribution in [-0.2, 0) is 36.7 Å². The molecule has 1 amide bonds. The van der Waals surface area contributed by atoms with Gasteiger partial charge >= 0.3 is 12.4 Å². The molecule has 5 rings (SSSR count). The minimum absolute atomic E-state index is 0.00553. The van der Waals surface area contributed by atoms with E-state index in [0.717, 1.165) is 28.5 Å². The predicted molar refractivity (Wildman–Crippen MR) is 134 cm³/mol. The van der Waals surface area contributed by atoms with Crippen LogP contribution in [-0.4, -0.2) is 57.8 Å². The van der Waals surface area contributed by atoms with Crippen LogP contribution in [0, 0.1) is 6.92 Å². The molecular formula is C25H26F6N6OS. The Morgan fingerprint density at radius 2 is 1.79 bits per heavy atom. The largest absolute Gasteiger partial charge is 0.434 e. The van der Waals surface area contributed by atoms with E-state index in [0.29, 0.717) is 30.9 Å². The summed E-state index contributed by atoms with van der Waals surface area (Å²) in [4.78, 5) is 21.9. The third-order valence-electron chi connectivity index (χ3n) is 7.11. The highest BCUT2D eigenvalue weighted by Gasteiger charge is 2.39. The number of amides is 1. The molecule has 14 heteroatoms. The number of carbonyl (C=O) groups excluding carboxylic acids is 1. The van der Waals surface area contributed by atoms with E-state index in [2.05, 4.69) is 10.1 Å². The summed E-state index contributed by atoms with van der Waals surface area (Å²) in [5, 5.41) is 5.29. The number of alkyl halides is 6. The normalized spacial score (nSPS) is 18.5. The maximum Gasteiger partial charge on any atom is 0.434 e. The zero-order valence-electron chi connectivity index (χ0n) is 21.2. The summed E-state index contributed by atoms with van der Waals surface area (Å²) in [5.41, 5.74) is 0.235. The van der Waals surface area contributed by atoms with Crippen LogP contribution in [0.3, 0.4) is 0 Å². The number of hydrogen-bond donors (Lipinski definition) is 0. The fraction of sp³-hybridized carbons (Fsp3) is 0.480. The number of nitrogens with zero attached hydrogens (tertiary/aromatic N) is 6. The number of aromatic nitrogens is 3. The molecule has 0 N–H and O–H groups in total. The van der Waals surface area contributed by atoms with Crippen molar-refractivity contribution in [2.24, 2.45) is 0 Å². The molecule has 39 heavy (non-hydrogen) atoms. The van der Waals surface area contributed by atoms with Crippen molar-refractivity contribution in [2.75, 3.05) is 36.0 Å². The molecule has 4 heterocycles. The quantitative estimate of drug-likeness (QED) is 0.413. The van der Waals surface area contributed by atoms with Crippen molar-refractivity contribution in [2.45, 2.75) is 51.8 Å². The molecule has 0 aliphatic carbocycles. The number of hydrogen-bond acceptors (Lipinski definition) is 6. The monoisotopic (exact) mass is 572 g/mol. The lowest BCUT2D eigenvalue weighted by Crippen LogP contribution is -2.55. The Balaban J connectivity index is 1.39. The molecule has 0 saturated carbocycles. The molecule has 1 unspecified atom stereocenters. The van der Waals surface area contributed by atoms with Crippen molar-refractivity contribution in [1.82, 2.24) is 19.7 Å². The van der Waals surface area contributed by atoms with Crippen molar-refractivity contribution >= 4 is 28.1 Å². The predicted octanol–water partition coefficient (Wildman–Crippen LogP) is 4.99. The fourth-order valence-corrected chi connectivity index (χ4v) is 6.11. The van der Waals surface area contributed by atoms with Gasteiger partial charge in [0.15, 0.2) is 10.8 Å². The zero-order chi connectivity index (χ0) is 28.1. The third-order valence-corrected chi connectivity index (χ3v) is 8.01. The summed E-state index contributed by atoms with van der Waals surface area (Å²) < 4.78 is 82.5. The Morgan fingerprint density at radius 3 is 2.41 bits per heavy atom. The average molecular weight is 573 g/mol. The number of carbonyl (C=O) groups is 1. The second kappa shape index (κ2) is 10.0. The third kappa shape index (κ3) is 5.56. The van der Waals surface area contributed by atoms with Gasteiger partial charge in [-0.3, -0.25) is 9.48 Å². The molecule has 1 atom stereocenters. The molecule has 7 nitrogen and oxygen atoms in total. The van der Waals surface area contributed by atoms with Crippen molar-refractivity contribution in [3.05, 3.63) is 57.9 Å². The smallest absolute Gasteiger partial charge is 0.367 e. The Morgan fingerprint density at radius 1 is 1.03 bits per heavy atom. The van der Waals surface area contributed by atoms with Gasteiger partial charge in [-0.1, -0.05) is 0 Å². The lowest BCUT2D eigenvalue weighted by Gasteiger charge is -2.43. The zero-order valence-corrected chi connectivity index (χ0v) is 22.0. The SMILES string of the molecule is Cc1ccn(CC(=O)N2CCN(c3ccc(C(F)(F)F)c4c3CN(c3nc(C(F)(F)F)cs3)CC4)CC2C)n1. The number of fused-ring (bicyclic) bond motifs is 1. The van der Waals surface area contributed by atoms with Gasteiger partial charge in [0, 0.05) is 56.0 Å². The van der Waals surface area contributed by atoms with E-state index in [1.165, 1.54) is 6.07 Å². The summed E-state index contributed by atoms with van der Waals surface area (Å²) in [6.07, 6.45) is -7.40. The van der Waals surface area contributed by atoms with Crippen LogP contribution in [0.4, 0.5) is 37.2 Å². The van der Waals surface area contributed by atoms with E-state index < -0.39 is 23.6 Å². The lowest BCUT2D eigenvalue weighted by atomic mass is 9.91. The highest BCUT2D eigenvalue weighted by Crippen LogP contribution is 2.42. The standard InChI is InChI=1S/C25H26F6N6OS/c1-15-5-8-36(33-15)13-22(38)37-10-9-34(11-16(37)2)20-4-3-19(24(26,27)28)17-6-7-35(12-18(17)20)23-32-21(14-39-23)25(29,30)31/h3-5,8,14,16H,6-7,9-13H2,1-2H3. The second-order valence-electron chi connectivity index (χ2n) is 9.81. The first-order valence-corrected chi connectivity index (χ1v) is 13.2. The first-order chi connectivity index (χ1) is 18.3. The van der Waals surface area contributed by atoms with Crippen molar-refractivity contribution in [3.63, 3.8) is 0 Å². The van der Waals surface area contributed by atoms with Crippen LogP contribution in [0.5, 0.6) is 0 Å². The highest BCUT2D eigenvalue weighted by atomic mass is 32.1. The van der Waals surface area contributed by atoms with Gasteiger partial charge in [-0.2, -0.15) is 31.4 Å². The first-order valence-electron chi connectivity index (χ1n) is 12.4. The molecular weight excluding hydrogens is 546 g/mol. The maximum absolute atomic E-state index is 13.9. The van der Waals surface area contributed by atoms with E-state index >= 15 is 0 Å². The first kappa shape index (κ1) is 27.3. The second-order valence-corrected chi connectivity index (χ2v) is 10.6. The van der Waals surface area contributed by atoms with E-state index in [4.69, 9.17) is 0 Å². The summed E-state index contributed by atoms with van der Waals surface area (Å²) in [6, 6.07) is 4.11. The van der Waals surface area contributed by atoms with Gasteiger partial charge in [0.05, 0.1) is 11.3 Å². The number of halogens is 6. The molecule has 1 fully saturated rings. The van der Waals surface area contributed by atoms with Gasteiger partial charge in [0.25, 0.3) is 0 Å². The Hall–Kier alpha value is -3.29. The minimum Gasteiger partial charge on any atom is -0.367 e. The van der Waals surface area contributed by atoms with E-state index in [1.54, 1.807) is 26.7 Å². The summed E-state index contributed by atoms with van der Waals surface area (Å²) in [6.45, 7) is 5.12. The molecule has 2 aliphatic rings. The van der Waals surface area contributed by atoms with E-state index in [9.17, 15) is 31.1 Å². The van der Waals surface area contributed by atoms with Crippen LogP contribution >= 0.6 is 11.3 Å². The molecule has 0 spiro atoms. The molecule has 3 aromatic rings. The Bertz CT molecular complexity index is 1370. The summed E-state index contributed by atoms with van der Waals surface area (Å²) in [7, 11) is 0. The number of rotatable bonds is 4. The van der Waals surface area contributed by atoms with Crippen molar-refractivity contribution < 1.29 is 31.1 Å². The van der Waals surface area contributed by atoms with Crippen molar-refractivity contribution in [3.8, 4) is 0 Å². The van der Waals surface area contributed by atoms with E-state index in [1.807, 2.05) is 18.7 Å². The number of benzene rings is 1. The van der Waals surface area contributed by atoms with Crippen LogP contribution in [0.15, 0.2) is 29.8 Å². The van der Waals surface area contributed by atoms with Crippen molar-refractivity contribution in [1.29, 1.82) is 0 Å². The Labute approximate surface area is 224 Å². The molecule has 0 radical (unpaired) electrons. The topological polar surface area (TPSA) is 57.5 Å². The number of aryl methyl sites for hydroxylation is 1. The number of piperazine rings is 1. The fourth-order valence-electron chi connectivity index (χ4n) is 5.25. The van der Waals surface area contributed by atoms with Crippen LogP contribution < -0.4 is 9.80 Å². The van der Waals surface area contributed by atoms with Gasteiger partial charge in [0.1, 0.15) is 6.54 Å². The van der Waals surface area contributed by atoms with Crippen LogP contribution in [0.1, 0.15) is 35.0 Å². The van der Waals surface area contributed by atoms with Gasteiger partial charge in [-0.25, -0.2) is 4.98 Å². The minimum atomic E-state index is -4.60. The van der Waals surface area contributed by atoms with Gasteiger partial charge in [-0.05, 0) is 49.6 Å². The van der Waals surface area contributed by atoms with E-state index in [-0.39, 0.29) is 48.7 Å². The molecule has 2 aliphatic heterocycles. The summed E-state index contributed by atoms with van der Waals surface area (Å²) >= 11 is 0.823. The molecule has 0 bridgehead atoms. The maximum atomic E-state index is 13.9. The summed E-state index contributed by atoms with van der Waals surface area (Å²) in [5.74, 6) is -0.102. The van der Waals surface area contributed by atoms with Gasteiger partial charge in [0.2, 0.25) is 5.91 Å². The molecule has 1 aromatic carbocycles. The number of thiazole rings is 1. The van der Waals surface area contributed by atoms with Crippen LogP contribution in [0.25, 0.3) is 0 Å². The van der Waals surface area contributed by atoms with Gasteiger partial charge in [-0.15, -0.1) is 11.3 Å². The molecule has 210 valence electrons. The van der Waals surface area contributed by atoms with Crippen LogP contribution in [0.2, 0.25) is 0 Å². The van der Waals surface area contributed by atoms with Gasteiger partial charge < -0.3 is 14.7 Å².